The Hall–Kier alpha value is -2.59. The molecule has 7 nitrogen and oxygen atoms in total. The number of fused-ring (bicyclic) bond motifs is 2. The number of anilines is 1. The van der Waals surface area contributed by atoms with E-state index >= 15 is 0 Å². The molecule has 5 rings (SSSR count). The van der Waals surface area contributed by atoms with Crippen LogP contribution >= 0.6 is 0 Å². The molecule has 168 valence electrons. The van der Waals surface area contributed by atoms with E-state index in [1.165, 1.54) is 11.0 Å². The molecule has 0 radical (unpaired) electrons. The van der Waals surface area contributed by atoms with Crippen LogP contribution in [-0.2, 0) is 9.53 Å². The first-order valence-corrected chi connectivity index (χ1v) is 10.4. The maximum atomic E-state index is 13.4. The topological polar surface area (TPSA) is 66.0 Å². The van der Waals surface area contributed by atoms with Crippen LogP contribution in [0.3, 0.4) is 0 Å². The highest BCUT2D eigenvalue weighted by atomic mass is 19.4. The highest BCUT2D eigenvalue weighted by Gasteiger charge is 2.70. The second kappa shape index (κ2) is 6.70. The number of amides is 2. The van der Waals surface area contributed by atoms with Crippen molar-refractivity contribution in [2.24, 2.45) is 5.41 Å². The minimum Gasteiger partial charge on any atom is -0.440 e. The van der Waals surface area contributed by atoms with Crippen LogP contribution in [0.2, 0.25) is 0 Å². The van der Waals surface area contributed by atoms with Gasteiger partial charge in [0.1, 0.15) is 22.7 Å². The Morgan fingerprint density at radius 3 is 2.39 bits per heavy atom. The number of ether oxygens (including phenoxy) is 1. The largest absolute Gasteiger partial charge is 0.440 e. The lowest BCUT2D eigenvalue weighted by Crippen LogP contribution is -2.62. The molecule has 1 spiro atoms. The molecular formula is C20H22F4N4O3. The summed E-state index contributed by atoms with van der Waals surface area (Å²) in [5.41, 5.74) is -3.12. The second-order valence-electron chi connectivity index (χ2n) is 8.79. The van der Waals surface area contributed by atoms with E-state index in [2.05, 4.69) is 4.98 Å². The highest BCUT2D eigenvalue weighted by Crippen LogP contribution is 2.59. The van der Waals surface area contributed by atoms with Gasteiger partial charge in [-0.1, -0.05) is 0 Å². The number of carbonyl (C=O) groups is 2. The molecule has 0 N–H and O–H groups in total. The molecule has 1 saturated carbocycles. The number of carbonyl (C=O) groups excluding carboxylic acids is 2. The van der Waals surface area contributed by atoms with Gasteiger partial charge in [-0.05, 0) is 25.0 Å². The van der Waals surface area contributed by atoms with Crippen molar-refractivity contribution in [3.8, 4) is 0 Å². The Balaban J connectivity index is 1.32. The summed E-state index contributed by atoms with van der Waals surface area (Å²) in [5, 5.41) is 0. The third-order valence-corrected chi connectivity index (χ3v) is 7.15. The molecular weight excluding hydrogens is 420 g/mol. The Morgan fingerprint density at radius 1 is 1.10 bits per heavy atom. The van der Waals surface area contributed by atoms with Crippen LogP contribution in [0.15, 0.2) is 18.3 Å². The average Bonchev–Trinajstić information content (AvgIpc) is 3.52. The number of aromatic nitrogens is 1. The van der Waals surface area contributed by atoms with Gasteiger partial charge >= 0.3 is 12.3 Å². The average molecular weight is 442 g/mol. The summed E-state index contributed by atoms with van der Waals surface area (Å²) in [6.07, 6.45) is -3.37. The molecule has 0 aromatic carbocycles. The summed E-state index contributed by atoms with van der Waals surface area (Å²) in [4.78, 5) is 34.1. The molecule has 11 heteroatoms. The van der Waals surface area contributed by atoms with Crippen LogP contribution in [0.25, 0.3) is 0 Å². The van der Waals surface area contributed by atoms with E-state index in [1.807, 2.05) is 4.90 Å². The predicted molar refractivity (Wildman–Crippen MR) is 99.7 cm³/mol. The first-order valence-electron chi connectivity index (χ1n) is 10.4. The fourth-order valence-electron chi connectivity index (χ4n) is 5.09. The van der Waals surface area contributed by atoms with Crippen molar-refractivity contribution < 1.29 is 31.9 Å². The lowest BCUT2D eigenvalue weighted by atomic mass is 9.82. The summed E-state index contributed by atoms with van der Waals surface area (Å²) < 4.78 is 59.2. The molecule has 1 aliphatic carbocycles. The van der Waals surface area contributed by atoms with E-state index in [0.717, 1.165) is 6.20 Å². The van der Waals surface area contributed by atoms with Gasteiger partial charge in [-0.15, -0.1) is 0 Å². The van der Waals surface area contributed by atoms with Gasteiger partial charge in [-0.25, -0.2) is 14.2 Å². The van der Waals surface area contributed by atoms with Gasteiger partial charge in [0.2, 0.25) is 5.91 Å². The molecule has 4 fully saturated rings. The van der Waals surface area contributed by atoms with Crippen LogP contribution in [0.5, 0.6) is 0 Å². The number of hydrogen-bond donors (Lipinski definition) is 0. The zero-order valence-corrected chi connectivity index (χ0v) is 16.7. The molecule has 3 saturated heterocycles. The number of nitrogens with zero attached hydrogens (tertiary/aromatic N) is 4. The van der Waals surface area contributed by atoms with Crippen molar-refractivity contribution in [1.82, 2.24) is 14.8 Å². The molecule has 1 aromatic heterocycles. The summed E-state index contributed by atoms with van der Waals surface area (Å²) in [7, 11) is 0. The van der Waals surface area contributed by atoms with E-state index in [1.54, 1.807) is 11.0 Å². The van der Waals surface area contributed by atoms with Gasteiger partial charge in [-0.2, -0.15) is 13.2 Å². The second-order valence-corrected chi connectivity index (χ2v) is 8.79. The Labute approximate surface area is 175 Å². The Kier molecular flexibility index (Phi) is 4.39. The van der Waals surface area contributed by atoms with Crippen LogP contribution in [0.1, 0.15) is 25.7 Å². The normalized spacial score (nSPS) is 26.6. The van der Waals surface area contributed by atoms with Gasteiger partial charge < -0.3 is 14.5 Å². The molecule has 1 unspecified atom stereocenters. The SMILES string of the molecule is O=C1OC2(CCN(c3ccc(F)cn3)CC2)C2CN(C(=O)C3(C(F)(F)F)CC3)CCN12. The van der Waals surface area contributed by atoms with E-state index in [4.69, 9.17) is 4.74 Å². The molecule has 0 bridgehead atoms. The summed E-state index contributed by atoms with van der Waals surface area (Å²) in [6, 6.07) is 2.42. The lowest BCUT2D eigenvalue weighted by molar-refractivity contribution is -0.200. The number of rotatable bonds is 2. The molecule has 1 atom stereocenters. The minimum absolute atomic E-state index is 0.0389. The maximum Gasteiger partial charge on any atom is 0.410 e. The monoisotopic (exact) mass is 442 g/mol. The lowest BCUT2D eigenvalue weighted by Gasteiger charge is -2.46. The van der Waals surface area contributed by atoms with Gasteiger partial charge in [0.15, 0.2) is 0 Å². The quantitative estimate of drug-likeness (QED) is 0.659. The first-order chi connectivity index (χ1) is 14.7. The van der Waals surface area contributed by atoms with Crippen LogP contribution < -0.4 is 4.90 Å². The zero-order valence-electron chi connectivity index (χ0n) is 16.7. The summed E-state index contributed by atoms with van der Waals surface area (Å²) in [5.74, 6) is -0.710. The number of alkyl halides is 3. The van der Waals surface area contributed by atoms with Crippen molar-refractivity contribution in [3.05, 3.63) is 24.1 Å². The van der Waals surface area contributed by atoms with Crippen LogP contribution in [-0.4, -0.2) is 77.3 Å². The summed E-state index contributed by atoms with van der Waals surface area (Å²) in [6.45, 7) is 1.27. The number of hydrogen-bond acceptors (Lipinski definition) is 5. The van der Waals surface area contributed by atoms with Crippen molar-refractivity contribution >= 4 is 17.8 Å². The third kappa shape index (κ3) is 3.11. The van der Waals surface area contributed by atoms with E-state index in [0.29, 0.717) is 31.7 Å². The van der Waals surface area contributed by atoms with E-state index in [-0.39, 0.29) is 32.5 Å². The maximum absolute atomic E-state index is 13.4. The fourth-order valence-corrected chi connectivity index (χ4v) is 5.09. The smallest absolute Gasteiger partial charge is 0.410 e. The Morgan fingerprint density at radius 2 is 1.81 bits per heavy atom. The number of piperidine rings is 1. The van der Waals surface area contributed by atoms with Crippen molar-refractivity contribution in [3.63, 3.8) is 0 Å². The number of pyridine rings is 1. The highest BCUT2D eigenvalue weighted by molar-refractivity contribution is 5.87. The molecule has 3 aliphatic heterocycles. The predicted octanol–water partition coefficient (Wildman–Crippen LogP) is 2.57. The number of piperazine rings is 1. The molecule has 2 amide bonds. The van der Waals surface area contributed by atoms with Crippen molar-refractivity contribution in [2.75, 3.05) is 37.6 Å². The fraction of sp³-hybridized carbons (Fsp3) is 0.650. The first kappa shape index (κ1) is 20.3. The third-order valence-electron chi connectivity index (χ3n) is 7.15. The molecule has 31 heavy (non-hydrogen) atoms. The van der Waals surface area contributed by atoms with E-state index in [9.17, 15) is 27.2 Å². The van der Waals surface area contributed by atoms with Gasteiger partial charge in [0.25, 0.3) is 0 Å². The number of halogens is 4. The zero-order chi connectivity index (χ0) is 22.0. The van der Waals surface area contributed by atoms with E-state index < -0.39 is 41.1 Å². The standard InChI is InChI=1S/C20H22F4N4O3/c21-13-1-2-15(25-11-13)26-7-5-19(6-8-26)14-12-27(9-10-28(14)17(30)31-19)16(29)18(3-4-18)20(22,23)24/h1-2,11,14H,3-10,12H2. The van der Waals surface area contributed by atoms with Gasteiger partial charge in [0.05, 0.1) is 12.2 Å². The van der Waals surface area contributed by atoms with Crippen LogP contribution in [0.4, 0.5) is 28.2 Å². The summed E-state index contributed by atoms with van der Waals surface area (Å²) >= 11 is 0. The molecule has 4 aliphatic rings. The van der Waals surface area contributed by atoms with Crippen molar-refractivity contribution in [2.45, 2.75) is 43.5 Å². The van der Waals surface area contributed by atoms with Gasteiger partial charge in [-0.3, -0.25) is 9.69 Å². The Bertz CT molecular complexity index is 895. The molecule has 1 aromatic rings. The minimum atomic E-state index is -4.56. The molecule has 4 heterocycles. The van der Waals surface area contributed by atoms with Crippen LogP contribution in [0, 0.1) is 11.2 Å². The van der Waals surface area contributed by atoms with Gasteiger partial charge in [0, 0.05) is 45.6 Å². The van der Waals surface area contributed by atoms with Crippen molar-refractivity contribution in [1.29, 1.82) is 0 Å².